The van der Waals surface area contributed by atoms with Gasteiger partial charge in [0.05, 0.1) is 0 Å². The fourth-order valence-corrected chi connectivity index (χ4v) is 2.79. The maximum Gasteiger partial charge on any atom is 0.267 e. The first-order valence-corrected chi connectivity index (χ1v) is 7.47. The summed E-state index contributed by atoms with van der Waals surface area (Å²) in [7, 11) is 0. The van der Waals surface area contributed by atoms with Crippen molar-refractivity contribution < 1.29 is 9.18 Å². The van der Waals surface area contributed by atoms with E-state index in [2.05, 4.69) is 16.4 Å². The van der Waals surface area contributed by atoms with Crippen molar-refractivity contribution in [2.24, 2.45) is 0 Å². The van der Waals surface area contributed by atoms with Crippen LogP contribution in [0.3, 0.4) is 0 Å². The molecule has 1 aliphatic carbocycles. The molecule has 3 nitrogen and oxygen atoms in total. The van der Waals surface area contributed by atoms with Crippen molar-refractivity contribution in [1.29, 1.82) is 0 Å². The number of hydrogen-bond donors (Lipinski definition) is 2. The van der Waals surface area contributed by atoms with E-state index >= 15 is 0 Å². The minimum absolute atomic E-state index is 0.136. The zero-order valence-electron chi connectivity index (χ0n) is 11.9. The Morgan fingerprint density at radius 1 is 1.29 bits per heavy atom. The van der Waals surface area contributed by atoms with Gasteiger partial charge in [-0.25, -0.2) is 4.39 Å². The molecule has 1 aromatic carbocycles. The molecule has 0 bridgehead atoms. The number of allylic oxidation sites excluding steroid dienone is 1. The van der Waals surface area contributed by atoms with Gasteiger partial charge in [-0.1, -0.05) is 11.6 Å². The molecule has 0 fully saturated rings. The lowest BCUT2D eigenvalue weighted by Gasteiger charge is -2.12. The zero-order chi connectivity index (χ0) is 14.7. The smallest absolute Gasteiger partial charge is 0.267 e. The fraction of sp³-hybridized carbons (Fsp3) is 0.353. The molecule has 0 radical (unpaired) electrons. The molecule has 0 aliphatic heterocycles. The zero-order valence-corrected chi connectivity index (χ0v) is 11.9. The summed E-state index contributed by atoms with van der Waals surface area (Å²) in [5.74, 6) is -0.441. The van der Waals surface area contributed by atoms with E-state index in [4.69, 9.17) is 0 Å². The number of carbonyl (C=O) groups excluding carboxylic acids is 1. The highest BCUT2D eigenvalue weighted by molar-refractivity contribution is 5.97. The molecular weight excluding hydrogens is 267 g/mol. The van der Waals surface area contributed by atoms with E-state index in [0.717, 1.165) is 24.6 Å². The van der Waals surface area contributed by atoms with Crippen LogP contribution < -0.4 is 5.32 Å². The normalized spacial score (nSPS) is 15.0. The van der Waals surface area contributed by atoms with E-state index in [9.17, 15) is 9.18 Å². The van der Waals surface area contributed by atoms with Gasteiger partial charge in [0.25, 0.3) is 5.91 Å². The van der Waals surface area contributed by atoms with Crippen LogP contribution >= 0.6 is 0 Å². The third-order valence-electron chi connectivity index (χ3n) is 3.95. The number of hydrogen-bond acceptors (Lipinski definition) is 1. The van der Waals surface area contributed by atoms with E-state index in [1.54, 1.807) is 12.1 Å². The Bertz CT molecular complexity index is 687. The highest BCUT2D eigenvalue weighted by Gasteiger charge is 2.10. The van der Waals surface area contributed by atoms with Crippen molar-refractivity contribution in [3.63, 3.8) is 0 Å². The van der Waals surface area contributed by atoms with Gasteiger partial charge in [-0.05, 0) is 56.4 Å². The average Bonchev–Trinajstić information content (AvgIpc) is 2.91. The summed E-state index contributed by atoms with van der Waals surface area (Å²) in [4.78, 5) is 15.0. The second kappa shape index (κ2) is 6.12. The van der Waals surface area contributed by atoms with Crippen molar-refractivity contribution in [3.05, 3.63) is 47.4 Å². The third-order valence-corrected chi connectivity index (χ3v) is 3.95. The molecule has 0 unspecified atom stereocenters. The van der Waals surface area contributed by atoms with E-state index in [1.165, 1.54) is 30.5 Å². The van der Waals surface area contributed by atoms with Gasteiger partial charge in [0.1, 0.15) is 11.5 Å². The van der Waals surface area contributed by atoms with Crippen molar-refractivity contribution >= 4 is 16.8 Å². The summed E-state index contributed by atoms with van der Waals surface area (Å²) in [5.41, 5.74) is 2.57. The summed E-state index contributed by atoms with van der Waals surface area (Å²) >= 11 is 0. The van der Waals surface area contributed by atoms with Crippen LogP contribution in [-0.2, 0) is 0 Å². The predicted molar refractivity (Wildman–Crippen MR) is 81.8 cm³/mol. The van der Waals surface area contributed by atoms with E-state index in [1.807, 2.05) is 0 Å². The van der Waals surface area contributed by atoms with Crippen LogP contribution in [0.5, 0.6) is 0 Å². The number of rotatable bonds is 4. The Morgan fingerprint density at radius 2 is 2.19 bits per heavy atom. The number of benzene rings is 1. The molecule has 3 rings (SSSR count). The number of amides is 1. The van der Waals surface area contributed by atoms with Crippen LogP contribution in [0, 0.1) is 5.82 Å². The Balaban J connectivity index is 1.60. The van der Waals surface area contributed by atoms with Gasteiger partial charge in [-0.15, -0.1) is 0 Å². The van der Waals surface area contributed by atoms with Gasteiger partial charge in [0.15, 0.2) is 0 Å². The molecule has 1 amide bonds. The van der Waals surface area contributed by atoms with Gasteiger partial charge in [0.2, 0.25) is 0 Å². The molecule has 4 heteroatoms. The first-order chi connectivity index (χ1) is 10.2. The molecule has 1 aliphatic rings. The van der Waals surface area contributed by atoms with Crippen molar-refractivity contribution in [2.75, 3.05) is 6.54 Å². The molecule has 2 N–H and O–H groups in total. The molecule has 110 valence electrons. The molecule has 0 atom stereocenters. The van der Waals surface area contributed by atoms with Crippen LogP contribution in [0.25, 0.3) is 10.9 Å². The number of carbonyl (C=O) groups is 1. The fourth-order valence-electron chi connectivity index (χ4n) is 2.79. The van der Waals surface area contributed by atoms with Crippen LogP contribution in [0.15, 0.2) is 35.9 Å². The number of aromatic amines is 1. The maximum absolute atomic E-state index is 13.1. The monoisotopic (exact) mass is 286 g/mol. The van der Waals surface area contributed by atoms with Crippen molar-refractivity contribution in [1.82, 2.24) is 10.3 Å². The minimum atomic E-state index is -0.305. The second-order valence-electron chi connectivity index (χ2n) is 5.53. The summed E-state index contributed by atoms with van der Waals surface area (Å²) in [5, 5.41) is 3.76. The minimum Gasteiger partial charge on any atom is -0.350 e. The van der Waals surface area contributed by atoms with Gasteiger partial charge in [0, 0.05) is 17.4 Å². The van der Waals surface area contributed by atoms with Crippen LogP contribution in [0.2, 0.25) is 0 Å². The Hall–Kier alpha value is -2.10. The first-order valence-electron chi connectivity index (χ1n) is 7.47. The molecule has 1 heterocycles. The lowest BCUT2D eigenvalue weighted by atomic mass is 9.97. The quantitative estimate of drug-likeness (QED) is 0.822. The molecule has 21 heavy (non-hydrogen) atoms. The maximum atomic E-state index is 13.1. The topological polar surface area (TPSA) is 44.9 Å². The van der Waals surface area contributed by atoms with Gasteiger partial charge in [-0.2, -0.15) is 0 Å². The van der Waals surface area contributed by atoms with Crippen LogP contribution in [0.4, 0.5) is 4.39 Å². The van der Waals surface area contributed by atoms with E-state index in [0.29, 0.717) is 17.8 Å². The van der Waals surface area contributed by atoms with Crippen molar-refractivity contribution in [3.8, 4) is 0 Å². The first kappa shape index (κ1) is 13.9. The third kappa shape index (κ3) is 3.32. The molecule has 1 aromatic heterocycles. The lowest BCUT2D eigenvalue weighted by molar-refractivity contribution is 0.0950. The molecule has 0 saturated heterocycles. The summed E-state index contributed by atoms with van der Waals surface area (Å²) in [6, 6.07) is 6.22. The lowest BCUT2D eigenvalue weighted by Crippen LogP contribution is -2.25. The number of fused-ring (bicyclic) bond motifs is 1. The van der Waals surface area contributed by atoms with Gasteiger partial charge < -0.3 is 10.3 Å². The number of aromatic nitrogens is 1. The van der Waals surface area contributed by atoms with Crippen LogP contribution in [-0.4, -0.2) is 17.4 Å². The summed E-state index contributed by atoms with van der Waals surface area (Å²) in [6.45, 7) is 0.647. The predicted octanol–water partition coefficient (Wildman–Crippen LogP) is 3.93. The van der Waals surface area contributed by atoms with Crippen LogP contribution in [0.1, 0.15) is 42.6 Å². The standard InChI is InChI=1S/C17H19FN2O/c18-14-7-6-13-10-16(20-15(13)11-14)17(21)19-9-8-12-4-2-1-3-5-12/h4,6-7,10-11,20H,1-3,5,8-9H2,(H,19,21). The molecular formula is C17H19FN2O. The Labute approximate surface area is 123 Å². The molecule has 0 saturated carbocycles. The largest absolute Gasteiger partial charge is 0.350 e. The summed E-state index contributed by atoms with van der Waals surface area (Å²) in [6.07, 6.45) is 8.06. The Kier molecular flexibility index (Phi) is 4.04. The summed E-state index contributed by atoms with van der Waals surface area (Å²) < 4.78 is 13.1. The van der Waals surface area contributed by atoms with Gasteiger partial charge >= 0.3 is 0 Å². The highest BCUT2D eigenvalue weighted by Crippen LogP contribution is 2.20. The highest BCUT2D eigenvalue weighted by atomic mass is 19.1. The van der Waals surface area contributed by atoms with Crippen molar-refractivity contribution in [2.45, 2.75) is 32.1 Å². The van der Waals surface area contributed by atoms with E-state index in [-0.39, 0.29) is 11.7 Å². The Morgan fingerprint density at radius 3 is 3.00 bits per heavy atom. The SMILES string of the molecule is O=C(NCCC1=CCCCC1)c1cc2ccc(F)cc2[nH]1. The number of nitrogens with one attached hydrogen (secondary N) is 2. The van der Waals surface area contributed by atoms with E-state index < -0.39 is 0 Å². The second-order valence-corrected chi connectivity index (χ2v) is 5.53. The average molecular weight is 286 g/mol. The molecule has 0 spiro atoms. The van der Waals surface area contributed by atoms with Gasteiger partial charge in [-0.3, -0.25) is 4.79 Å². The number of halogens is 1. The number of H-pyrrole nitrogens is 1. The molecule has 2 aromatic rings.